The number of rotatable bonds is 6. The van der Waals surface area contributed by atoms with Crippen molar-refractivity contribution in [3.05, 3.63) is 89.1 Å². The number of benzene rings is 3. The maximum atomic E-state index is 13.2. The summed E-state index contributed by atoms with van der Waals surface area (Å²) in [6.45, 7) is 4.42. The molecule has 0 unspecified atom stereocenters. The molecule has 4 rings (SSSR count). The number of nitrogens with zero attached hydrogens (tertiary/aromatic N) is 1. The molecule has 1 aromatic heterocycles. The van der Waals surface area contributed by atoms with Gasteiger partial charge in [0.05, 0.1) is 17.5 Å². The van der Waals surface area contributed by atoms with Crippen molar-refractivity contribution < 1.29 is 20.8 Å². The van der Waals surface area contributed by atoms with Crippen LogP contribution in [0.2, 0.25) is 0 Å². The normalized spacial score (nSPS) is 11.5. The number of hydrogen-bond acceptors (Lipinski definition) is 5. The lowest BCUT2D eigenvalue weighted by molar-refractivity contribution is 0.0973. The molecule has 0 fully saturated rings. The average Bonchev–Trinajstić information content (AvgIpc) is 3.14. The number of nitrogens with two attached hydrogens (primary N) is 1. The lowest BCUT2D eigenvalue weighted by Crippen LogP contribution is -2.32. The highest BCUT2D eigenvalue weighted by Crippen LogP contribution is 2.27. The van der Waals surface area contributed by atoms with E-state index in [4.69, 9.17) is 10.5 Å². The molecule has 0 atom stereocenters. The fourth-order valence-electron chi connectivity index (χ4n) is 3.89. The van der Waals surface area contributed by atoms with E-state index in [0.717, 1.165) is 27.6 Å². The van der Waals surface area contributed by atoms with Crippen molar-refractivity contribution in [2.24, 2.45) is 0 Å². The zero-order chi connectivity index (χ0) is 23.8. The Kier molecular flexibility index (Phi) is 5.86. The number of nitrogens with one attached hydrogen (secondary N) is 1. The minimum atomic E-state index is -4.10. The Morgan fingerprint density at radius 1 is 1.03 bits per heavy atom. The number of fused-ring (bicyclic) bond motifs is 1. The minimum absolute atomic E-state index is 0. The van der Waals surface area contributed by atoms with Gasteiger partial charge in [-0.15, -0.1) is 0 Å². The van der Waals surface area contributed by atoms with Crippen LogP contribution < -0.4 is 15.2 Å². The van der Waals surface area contributed by atoms with Crippen molar-refractivity contribution in [3.63, 3.8) is 0 Å². The van der Waals surface area contributed by atoms with Gasteiger partial charge in [-0.2, -0.15) is 0 Å². The number of sulfonamides is 1. The molecule has 33 heavy (non-hydrogen) atoms. The van der Waals surface area contributed by atoms with Crippen molar-refractivity contribution in [2.75, 3.05) is 12.8 Å². The van der Waals surface area contributed by atoms with Gasteiger partial charge in [0, 0.05) is 26.5 Å². The number of aromatic nitrogens is 1. The van der Waals surface area contributed by atoms with Gasteiger partial charge in [-0.25, -0.2) is 13.1 Å². The first kappa shape index (κ1) is 22.4. The second-order valence-corrected chi connectivity index (χ2v) is 9.60. The van der Waals surface area contributed by atoms with Gasteiger partial charge in [0.15, 0.2) is 0 Å². The highest BCUT2D eigenvalue weighted by atomic mass is 32.2. The summed E-state index contributed by atoms with van der Waals surface area (Å²) in [5, 5.41) is 0.800. The number of nitrogen functional groups attached to an aromatic ring is 1. The van der Waals surface area contributed by atoms with E-state index >= 15 is 0 Å². The Morgan fingerprint density at radius 2 is 1.73 bits per heavy atom. The number of carbonyl (C=O) groups excluding carboxylic acids is 1. The maximum absolute atomic E-state index is 13.2. The summed E-state index contributed by atoms with van der Waals surface area (Å²) in [6, 6.07) is 19.0. The van der Waals surface area contributed by atoms with E-state index in [2.05, 4.69) is 4.72 Å². The monoisotopic (exact) mass is 467 g/mol. The molecule has 1 amide bonds. The van der Waals surface area contributed by atoms with E-state index in [-0.39, 0.29) is 13.4 Å². The largest absolute Gasteiger partial charge is 0.497 e. The Balaban J connectivity index is 0.00000216. The smallest absolute Gasteiger partial charge is 0.281 e. The third-order valence-electron chi connectivity index (χ3n) is 5.70. The van der Waals surface area contributed by atoms with Crippen LogP contribution in [0, 0.1) is 13.8 Å². The number of amides is 1. The molecular weight excluding hydrogens is 438 g/mol. The maximum Gasteiger partial charge on any atom is 0.281 e. The lowest BCUT2D eigenvalue weighted by Gasteiger charge is -2.15. The van der Waals surface area contributed by atoms with Crippen molar-refractivity contribution in [1.29, 1.82) is 0 Å². The molecule has 4 aromatic rings. The molecule has 3 aromatic carbocycles. The first-order valence-electron chi connectivity index (χ1n) is 10.3. The predicted molar refractivity (Wildman–Crippen MR) is 133 cm³/mol. The van der Waals surface area contributed by atoms with Gasteiger partial charge in [0.25, 0.3) is 15.9 Å². The fraction of sp³-hybridized carbons (Fsp3) is 0.160. The molecule has 8 heteroatoms. The van der Waals surface area contributed by atoms with Crippen LogP contribution in [-0.2, 0) is 16.6 Å². The van der Waals surface area contributed by atoms with Crippen LogP contribution >= 0.6 is 0 Å². The standard InChI is InChI=1S/C25H25N3O4S.2H2/c1-16-6-4-7-17(2)22(16)15-28-23-14-20(32-3)11-10-18(23)12-24(28)25(29)27-33(30,31)21-9-5-8-19(26)13-21;;/h4-14H,15,26H2,1-3H3,(H,27,29);2*1H. The van der Waals surface area contributed by atoms with Crippen LogP contribution in [0.15, 0.2) is 71.6 Å². The molecule has 7 nitrogen and oxygen atoms in total. The molecular formula is C25H29N3O4S. The van der Waals surface area contributed by atoms with Crippen molar-refractivity contribution in [2.45, 2.75) is 25.3 Å². The van der Waals surface area contributed by atoms with Gasteiger partial charge in [-0.1, -0.05) is 24.3 Å². The topological polar surface area (TPSA) is 103 Å². The number of carbonyl (C=O) groups is 1. The first-order chi connectivity index (χ1) is 15.7. The van der Waals surface area contributed by atoms with Crippen LogP contribution in [0.3, 0.4) is 0 Å². The molecule has 0 aliphatic carbocycles. The highest BCUT2D eigenvalue weighted by molar-refractivity contribution is 7.90. The molecule has 174 valence electrons. The van der Waals surface area contributed by atoms with Crippen LogP contribution in [0.5, 0.6) is 5.75 Å². The first-order valence-corrected chi connectivity index (χ1v) is 11.8. The molecule has 0 saturated heterocycles. The van der Waals surface area contributed by atoms with Gasteiger partial charge in [0.2, 0.25) is 0 Å². The highest BCUT2D eigenvalue weighted by Gasteiger charge is 2.23. The van der Waals surface area contributed by atoms with Gasteiger partial charge >= 0.3 is 0 Å². The van der Waals surface area contributed by atoms with E-state index < -0.39 is 15.9 Å². The molecule has 0 aliphatic heterocycles. The van der Waals surface area contributed by atoms with Crippen molar-refractivity contribution in [3.8, 4) is 5.75 Å². The molecule has 3 N–H and O–H groups in total. The van der Waals surface area contributed by atoms with Crippen LogP contribution in [0.1, 0.15) is 30.0 Å². The van der Waals surface area contributed by atoms with Crippen molar-refractivity contribution >= 4 is 32.5 Å². The Labute approximate surface area is 195 Å². The minimum Gasteiger partial charge on any atom is -0.497 e. The van der Waals surface area contributed by atoms with Gasteiger partial charge in [-0.3, -0.25) is 4.79 Å². The number of anilines is 1. The van der Waals surface area contributed by atoms with Crippen LogP contribution in [-0.4, -0.2) is 26.0 Å². The quantitative estimate of drug-likeness (QED) is 0.406. The van der Waals surface area contributed by atoms with E-state index in [9.17, 15) is 13.2 Å². The third-order valence-corrected chi connectivity index (χ3v) is 7.03. The zero-order valence-electron chi connectivity index (χ0n) is 18.6. The Morgan fingerprint density at radius 3 is 2.39 bits per heavy atom. The Bertz CT molecular complexity index is 1460. The van der Waals surface area contributed by atoms with E-state index in [0.29, 0.717) is 18.0 Å². The molecule has 0 radical (unpaired) electrons. The van der Waals surface area contributed by atoms with E-state index in [1.807, 2.05) is 48.7 Å². The summed E-state index contributed by atoms with van der Waals surface area (Å²) in [5.74, 6) is -0.0819. The van der Waals surface area contributed by atoms with Crippen LogP contribution in [0.25, 0.3) is 10.9 Å². The van der Waals surface area contributed by atoms with Gasteiger partial charge in [-0.05, 0) is 66.9 Å². The van der Waals surface area contributed by atoms with Crippen LogP contribution in [0.4, 0.5) is 5.69 Å². The van der Waals surface area contributed by atoms with Gasteiger partial charge < -0.3 is 15.0 Å². The summed E-state index contributed by atoms with van der Waals surface area (Å²) in [6.07, 6.45) is 0. The molecule has 1 heterocycles. The fourth-order valence-corrected chi connectivity index (χ4v) is 4.91. The summed E-state index contributed by atoms with van der Waals surface area (Å²) >= 11 is 0. The molecule has 0 aliphatic rings. The van der Waals surface area contributed by atoms with E-state index in [1.54, 1.807) is 25.3 Å². The second kappa shape index (κ2) is 8.63. The summed E-state index contributed by atoms with van der Waals surface area (Å²) in [7, 11) is -2.53. The Hall–Kier alpha value is -3.78. The summed E-state index contributed by atoms with van der Waals surface area (Å²) in [4.78, 5) is 13.2. The number of methoxy groups -OCH3 is 1. The SMILES string of the molecule is COc1ccc2cc(C(=O)NS(=O)(=O)c3cccc(N)c3)n(Cc3c(C)cccc3C)c2c1.[HH].[HH]. The second-order valence-electron chi connectivity index (χ2n) is 7.92. The van der Waals surface area contributed by atoms with Gasteiger partial charge in [0.1, 0.15) is 11.4 Å². The number of hydrogen-bond donors (Lipinski definition) is 2. The summed E-state index contributed by atoms with van der Waals surface area (Å²) in [5.41, 5.74) is 10.2. The van der Waals surface area contributed by atoms with E-state index in [1.165, 1.54) is 18.2 Å². The van der Waals surface area contributed by atoms with Crippen molar-refractivity contribution in [1.82, 2.24) is 9.29 Å². The molecule has 0 saturated carbocycles. The molecule has 0 bridgehead atoms. The zero-order valence-corrected chi connectivity index (χ0v) is 19.4. The molecule has 0 spiro atoms. The lowest BCUT2D eigenvalue weighted by atomic mass is 10.0. The predicted octanol–water partition coefficient (Wildman–Crippen LogP) is 4.51. The third kappa shape index (κ3) is 4.42. The number of aryl methyl sites for hydroxylation is 2. The number of ether oxygens (including phenoxy) is 1. The summed E-state index contributed by atoms with van der Waals surface area (Å²) < 4.78 is 35.1. The average molecular weight is 468 g/mol.